The van der Waals surface area contributed by atoms with Crippen LogP contribution < -0.4 is 9.47 Å². The van der Waals surface area contributed by atoms with Crippen LogP contribution in [0.4, 0.5) is 0 Å². The normalized spacial score (nSPS) is 22.4. The molecule has 130 valence electrons. The van der Waals surface area contributed by atoms with E-state index in [9.17, 15) is 9.59 Å². The standard InChI is InChI=1S/C20H26O4/c1-13(2)15-9-5-6-10-16(14(3)4)20(22)24-18-12-8-7-11-17(18)23-19(15)21/h5-8,11-16H,9-10H2,1-4H3/t15-,16+. The highest BCUT2D eigenvalue weighted by molar-refractivity contribution is 5.79. The van der Waals surface area contributed by atoms with Crippen LogP contribution in [0.15, 0.2) is 36.4 Å². The van der Waals surface area contributed by atoms with Crippen molar-refractivity contribution in [2.24, 2.45) is 23.7 Å². The Balaban J connectivity index is 2.37. The maximum Gasteiger partial charge on any atom is 0.315 e. The molecule has 2 rings (SSSR count). The number of rotatable bonds is 2. The molecular weight excluding hydrogens is 304 g/mol. The van der Waals surface area contributed by atoms with E-state index in [1.165, 1.54) is 0 Å². The van der Waals surface area contributed by atoms with E-state index in [0.717, 1.165) is 0 Å². The fourth-order valence-corrected chi connectivity index (χ4v) is 2.75. The number of ether oxygens (including phenoxy) is 2. The van der Waals surface area contributed by atoms with Crippen LogP contribution in [-0.2, 0) is 9.59 Å². The number of carbonyl (C=O) groups is 2. The summed E-state index contributed by atoms with van der Waals surface area (Å²) < 4.78 is 11.1. The van der Waals surface area contributed by atoms with Gasteiger partial charge in [-0.1, -0.05) is 52.0 Å². The summed E-state index contributed by atoms with van der Waals surface area (Å²) in [6.07, 6.45) is 5.17. The zero-order valence-corrected chi connectivity index (χ0v) is 14.8. The van der Waals surface area contributed by atoms with Gasteiger partial charge in [0.25, 0.3) is 0 Å². The summed E-state index contributed by atoms with van der Waals surface area (Å²) >= 11 is 0. The van der Waals surface area contributed by atoms with Gasteiger partial charge in [-0.2, -0.15) is 0 Å². The van der Waals surface area contributed by atoms with E-state index in [1.54, 1.807) is 24.3 Å². The average molecular weight is 330 g/mol. The zero-order chi connectivity index (χ0) is 17.7. The Labute approximate surface area is 143 Å². The molecular formula is C20H26O4. The molecule has 0 amide bonds. The second-order valence-corrected chi connectivity index (χ2v) is 6.93. The molecule has 0 aromatic heterocycles. The van der Waals surface area contributed by atoms with Crippen molar-refractivity contribution in [3.63, 3.8) is 0 Å². The summed E-state index contributed by atoms with van der Waals surface area (Å²) in [6.45, 7) is 8.03. The Bertz CT molecular complexity index is 563. The largest absolute Gasteiger partial charge is 0.422 e. The monoisotopic (exact) mass is 330 g/mol. The molecule has 4 nitrogen and oxygen atoms in total. The predicted molar refractivity (Wildman–Crippen MR) is 92.7 cm³/mol. The summed E-state index contributed by atoms with van der Waals surface area (Å²) in [5, 5.41) is 0. The van der Waals surface area contributed by atoms with Crippen LogP contribution in [0.3, 0.4) is 0 Å². The molecule has 0 spiro atoms. The van der Waals surface area contributed by atoms with Gasteiger partial charge in [0.15, 0.2) is 11.5 Å². The van der Waals surface area contributed by atoms with Crippen LogP contribution in [0.2, 0.25) is 0 Å². The Hall–Kier alpha value is -2.10. The van der Waals surface area contributed by atoms with Crippen molar-refractivity contribution in [2.75, 3.05) is 0 Å². The molecule has 24 heavy (non-hydrogen) atoms. The number of benzene rings is 1. The smallest absolute Gasteiger partial charge is 0.315 e. The van der Waals surface area contributed by atoms with Gasteiger partial charge in [-0.15, -0.1) is 0 Å². The first-order valence-corrected chi connectivity index (χ1v) is 8.57. The van der Waals surface area contributed by atoms with Crippen LogP contribution in [0.25, 0.3) is 0 Å². The van der Waals surface area contributed by atoms with Crippen LogP contribution in [-0.4, -0.2) is 11.9 Å². The summed E-state index contributed by atoms with van der Waals surface area (Å²) in [6, 6.07) is 6.83. The second-order valence-electron chi connectivity index (χ2n) is 6.93. The van der Waals surface area contributed by atoms with E-state index in [4.69, 9.17) is 9.47 Å². The summed E-state index contributed by atoms with van der Waals surface area (Å²) in [5.41, 5.74) is 0. The first kappa shape index (κ1) is 18.2. The van der Waals surface area contributed by atoms with Crippen molar-refractivity contribution in [2.45, 2.75) is 40.5 Å². The Morgan fingerprint density at radius 3 is 1.50 bits per heavy atom. The molecule has 0 radical (unpaired) electrons. The van der Waals surface area contributed by atoms with Gasteiger partial charge in [-0.05, 0) is 36.8 Å². The lowest BCUT2D eigenvalue weighted by Gasteiger charge is -2.22. The van der Waals surface area contributed by atoms with Crippen molar-refractivity contribution in [1.82, 2.24) is 0 Å². The topological polar surface area (TPSA) is 52.6 Å². The minimum absolute atomic E-state index is 0.167. The fraction of sp³-hybridized carbons (Fsp3) is 0.500. The molecule has 1 aromatic carbocycles. The third kappa shape index (κ3) is 4.47. The second kappa shape index (κ2) is 8.13. The molecule has 4 heteroatoms. The lowest BCUT2D eigenvalue weighted by molar-refractivity contribution is -0.143. The van der Waals surface area contributed by atoms with Crippen LogP contribution >= 0.6 is 0 Å². The van der Waals surface area contributed by atoms with Gasteiger partial charge in [0.05, 0.1) is 11.8 Å². The summed E-state index contributed by atoms with van der Waals surface area (Å²) in [5.74, 6) is -0.0920. The van der Waals surface area contributed by atoms with Gasteiger partial charge in [0.2, 0.25) is 0 Å². The first-order chi connectivity index (χ1) is 11.4. The van der Waals surface area contributed by atoms with Gasteiger partial charge in [0.1, 0.15) is 0 Å². The molecule has 0 saturated heterocycles. The summed E-state index contributed by atoms with van der Waals surface area (Å²) in [4.78, 5) is 25.0. The van der Waals surface area contributed by atoms with Gasteiger partial charge >= 0.3 is 11.9 Å². The molecule has 0 unspecified atom stereocenters. The molecule has 0 bridgehead atoms. The number of para-hydroxylation sites is 2. The molecule has 1 heterocycles. The lowest BCUT2D eigenvalue weighted by Crippen LogP contribution is -2.27. The maximum atomic E-state index is 12.5. The Morgan fingerprint density at radius 1 is 0.792 bits per heavy atom. The van der Waals surface area contributed by atoms with Crippen molar-refractivity contribution >= 4 is 11.9 Å². The third-order valence-corrected chi connectivity index (χ3v) is 4.43. The van der Waals surface area contributed by atoms with Crippen molar-refractivity contribution < 1.29 is 19.1 Å². The SMILES string of the molecule is CC(C)[C@@H]1CC=CC[C@H](C(C)C)C(=O)Oc2ccccc2OC1=O. The number of fused-ring (bicyclic) bond motifs is 1. The van der Waals surface area contributed by atoms with Crippen LogP contribution in [0, 0.1) is 23.7 Å². The molecule has 1 aliphatic heterocycles. The Morgan fingerprint density at radius 2 is 1.17 bits per heavy atom. The Kier molecular flexibility index (Phi) is 6.18. The molecule has 0 saturated carbocycles. The first-order valence-electron chi connectivity index (χ1n) is 8.57. The molecule has 1 aliphatic rings. The molecule has 1 aromatic rings. The van der Waals surface area contributed by atoms with E-state index >= 15 is 0 Å². The molecule has 0 N–H and O–H groups in total. The molecule has 2 atom stereocenters. The van der Waals surface area contributed by atoms with Gasteiger partial charge in [-0.3, -0.25) is 9.59 Å². The van der Waals surface area contributed by atoms with Gasteiger partial charge < -0.3 is 9.47 Å². The van der Waals surface area contributed by atoms with Gasteiger partial charge in [0, 0.05) is 0 Å². The van der Waals surface area contributed by atoms with E-state index in [2.05, 4.69) is 0 Å². The number of hydrogen-bond acceptors (Lipinski definition) is 4. The van der Waals surface area contributed by atoms with Crippen LogP contribution in [0.1, 0.15) is 40.5 Å². The van der Waals surface area contributed by atoms with E-state index < -0.39 is 0 Å². The summed E-state index contributed by atoms with van der Waals surface area (Å²) in [7, 11) is 0. The fourth-order valence-electron chi connectivity index (χ4n) is 2.75. The van der Waals surface area contributed by atoms with Crippen molar-refractivity contribution in [3.8, 4) is 11.5 Å². The maximum absolute atomic E-state index is 12.5. The number of carbonyl (C=O) groups excluding carboxylic acids is 2. The quantitative estimate of drug-likeness (QED) is 0.458. The number of esters is 2. The van der Waals surface area contributed by atoms with E-state index in [1.807, 2.05) is 39.8 Å². The zero-order valence-electron chi connectivity index (χ0n) is 14.8. The highest BCUT2D eigenvalue weighted by atomic mass is 16.6. The van der Waals surface area contributed by atoms with Crippen molar-refractivity contribution in [3.05, 3.63) is 36.4 Å². The van der Waals surface area contributed by atoms with E-state index in [-0.39, 0.29) is 35.6 Å². The number of hydrogen-bond donors (Lipinski definition) is 0. The number of allylic oxidation sites excluding steroid dienone is 2. The van der Waals surface area contributed by atoms with Gasteiger partial charge in [-0.25, -0.2) is 0 Å². The highest BCUT2D eigenvalue weighted by Gasteiger charge is 2.28. The highest BCUT2D eigenvalue weighted by Crippen LogP contribution is 2.31. The van der Waals surface area contributed by atoms with E-state index in [0.29, 0.717) is 24.3 Å². The molecule has 0 aliphatic carbocycles. The van der Waals surface area contributed by atoms with Crippen LogP contribution in [0.5, 0.6) is 11.5 Å². The minimum atomic E-state index is -0.292. The van der Waals surface area contributed by atoms with Crippen molar-refractivity contribution in [1.29, 1.82) is 0 Å². The third-order valence-electron chi connectivity index (χ3n) is 4.43. The predicted octanol–water partition coefficient (Wildman–Crippen LogP) is 4.39. The minimum Gasteiger partial charge on any atom is -0.422 e. The lowest BCUT2D eigenvalue weighted by atomic mass is 9.90. The average Bonchev–Trinajstić information content (AvgIpc) is 2.50. The molecule has 0 fully saturated rings.